The second-order valence-electron chi connectivity index (χ2n) is 11.1. The highest BCUT2D eigenvalue weighted by Crippen LogP contribution is 2.32. The lowest BCUT2D eigenvalue weighted by atomic mass is 9.85. The zero-order valence-corrected chi connectivity index (χ0v) is 23.9. The van der Waals surface area contributed by atoms with Gasteiger partial charge in [0.2, 0.25) is 0 Å². The third-order valence-electron chi connectivity index (χ3n) is 6.08. The van der Waals surface area contributed by atoms with Gasteiger partial charge >= 0.3 is 11.9 Å². The standard InChI is InChI=1S/C28H45BrO4/c1-10-13-15-23(27(4,5)6)32-25(30)20-17-19(12-3)22(29)18-21(20)26(31)33-24(16-14-11-2)28(7,8)9/h17-18,23-24H,10-16H2,1-9H3. The molecule has 4 nitrogen and oxygen atoms in total. The smallest absolute Gasteiger partial charge is 0.339 e. The SMILES string of the molecule is CCCCC(OC(=O)c1cc(Br)c(CC)cc1C(=O)OC(CCCC)C(C)(C)C)C(C)(C)C. The number of carbonyl (C=O) groups excluding carboxylic acids is 2. The largest absolute Gasteiger partial charge is 0.458 e. The third kappa shape index (κ3) is 9.07. The molecule has 1 rings (SSSR count). The van der Waals surface area contributed by atoms with E-state index in [1.54, 1.807) is 12.1 Å². The zero-order valence-electron chi connectivity index (χ0n) is 22.3. The number of hydrogen-bond donors (Lipinski definition) is 0. The zero-order chi connectivity index (χ0) is 25.4. The van der Waals surface area contributed by atoms with Gasteiger partial charge in [0.15, 0.2) is 0 Å². The molecule has 188 valence electrons. The van der Waals surface area contributed by atoms with Gasteiger partial charge in [-0.1, -0.05) is 104 Å². The molecule has 0 amide bonds. The predicted molar refractivity (Wildman–Crippen MR) is 140 cm³/mol. The lowest BCUT2D eigenvalue weighted by Crippen LogP contribution is -2.33. The molecule has 0 aromatic heterocycles. The average molecular weight is 526 g/mol. The number of aryl methyl sites for hydroxylation is 1. The molecular formula is C28H45BrO4. The molecule has 0 N–H and O–H groups in total. The Balaban J connectivity index is 3.35. The van der Waals surface area contributed by atoms with Gasteiger partial charge < -0.3 is 9.47 Å². The molecule has 2 atom stereocenters. The molecule has 0 saturated carbocycles. The highest BCUT2D eigenvalue weighted by Gasteiger charge is 2.33. The molecule has 2 unspecified atom stereocenters. The van der Waals surface area contributed by atoms with Crippen LogP contribution < -0.4 is 0 Å². The molecular weight excluding hydrogens is 480 g/mol. The average Bonchev–Trinajstić information content (AvgIpc) is 2.71. The number of halogens is 1. The van der Waals surface area contributed by atoms with E-state index in [0.29, 0.717) is 0 Å². The Hall–Kier alpha value is -1.36. The Bertz CT molecular complexity index is 786. The van der Waals surface area contributed by atoms with Crippen molar-refractivity contribution in [3.05, 3.63) is 33.3 Å². The van der Waals surface area contributed by atoms with Gasteiger partial charge in [0.05, 0.1) is 11.1 Å². The molecule has 0 fully saturated rings. The monoisotopic (exact) mass is 524 g/mol. The van der Waals surface area contributed by atoms with E-state index in [2.05, 4.69) is 71.3 Å². The number of unbranched alkanes of at least 4 members (excludes halogenated alkanes) is 2. The van der Waals surface area contributed by atoms with Crippen molar-refractivity contribution < 1.29 is 19.1 Å². The van der Waals surface area contributed by atoms with Crippen LogP contribution in [0.25, 0.3) is 0 Å². The van der Waals surface area contributed by atoms with E-state index in [-0.39, 0.29) is 34.2 Å². The van der Waals surface area contributed by atoms with Crippen LogP contribution in [0.5, 0.6) is 0 Å². The lowest BCUT2D eigenvalue weighted by molar-refractivity contribution is -0.0106. The van der Waals surface area contributed by atoms with Crippen molar-refractivity contribution >= 4 is 27.9 Å². The van der Waals surface area contributed by atoms with Crippen molar-refractivity contribution in [1.29, 1.82) is 0 Å². The Morgan fingerprint density at radius 1 is 0.788 bits per heavy atom. The first-order valence-corrected chi connectivity index (χ1v) is 13.3. The van der Waals surface area contributed by atoms with E-state index in [1.165, 1.54) is 0 Å². The van der Waals surface area contributed by atoms with Crippen molar-refractivity contribution in [2.24, 2.45) is 10.8 Å². The van der Waals surface area contributed by atoms with Gasteiger partial charge in [-0.05, 0) is 47.8 Å². The topological polar surface area (TPSA) is 52.6 Å². The quantitative estimate of drug-likeness (QED) is 0.272. The first-order chi connectivity index (χ1) is 15.3. The molecule has 0 bridgehead atoms. The predicted octanol–water partition coefficient (Wildman–Crippen LogP) is 8.53. The van der Waals surface area contributed by atoms with E-state index in [9.17, 15) is 9.59 Å². The first kappa shape index (κ1) is 29.7. The Labute approximate surface area is 210 Å². The maximum atomic E-state index is 13.4. The van der Waals surface area contributed by atoms with Crippen molar-refractivity contribution in [3.8, 4) is 0 Å². The summed E-state index contributed by atoms with van der Waals surface area (Å²) in [5.41, 5.74) is 1.12. The summed E-state index contributed by atoms with van der Waals surface area (Å²) in [4.78, 5) is 26.7. The Morgan fingerprint density at radius 3 is 1.52 bits per heavy atom. The van der Waals surface area contributed by atoms with Crippen LogP contribution in [-0.4, -0.2) is 24.1 Å². The summed E-state index contributed by atoms with van der Waals surface area (Å²) >= 11 is 3.56. The van der Waals surface area contributed by atoms with Crippen molar-refractivity contribution in [1.82, 2.24) is 0 Å². The van der Waals surface area contributed by atoms with E-state index in [4.69, 9.17) is 9.47 Å². The maximum absolute atomic E-state index is 13.4. The Morgan fingerprint density at radius 2 is 1.18 bits per heavy atom. The van der Waals surface area contributed by atoms with Gasteiger partial charge in [-0.3, -0.25) is 0 Å². The normalized spacial score (nSPS) is 14.0. The second kappa shape index (κ2) is 12.9. The van der Waals surface area contributed by atoms with E-state index >= 15 is 0 Å². The van der Waals surface area contributed by atoms with E-state index in [1.807, 2.05) is 6.92 Å². The molecule has 0 radical (unpaired) electrons. The van der Waals surface area contributed by atoms with Crippen LogP contribution in [0.15, 0.2) is 16.6 Å². The van der Waals surface area contributed by atoms with Gasteiger partial charge in [0.1, 0.15) is 12.2 Å². The van der Waals surface area contributed by atoms with Crippen molar-refractivity contribution in [2.45, 2.75) is 119 Å². The molecule has 0 aliphatic rings. The van der Waals surface area contributed by atoms with Crippen LogP contribution in [0.4, 0.5) is 0 Å². The van der Waals surface area contributed by atoms with Crippen LogP contribution in [0.2, 0.25) is 0 Å². The second-order valence-corrected chi connectivity index (χ2v) is 12.0. The summed E-state index contributed by atoms with van der Waals surface area (Å²) in [5, 5.41) is 0. The van der Waals surface area contributed by atoms with Gasteiger partial charge in [0, 0.05) is 4.47 Å². The van der Waals surface area contributed by atoms with Crippen molar-refractivity contribution in [3.63, 3.8) is 0 Å². The fraction of sp³-hybridized carbons (Fsp3) is 0.714. The van der Waals surface area contributed by atoms with Gasteiger partial charge in [-0.15, -0.1) is 0 Å². The summed E-state index contributed by atoms with van der Waals surface area (Å²) in [5.74, 6) is -0.928. The molecule has 0 aliphatic carbocycles. The molecule has 0 spiro atoms. The van der Waals surface area contributed by atoms with E-state index < -0.39 is 11.9 Å². The summed E-state index contributed by atoms with van der Waals surface area (Å²) in [6.07, 6.45) is 5.89. The summed E-state index contributed by atoms with van der Waals surface area (Å²) in [7, 11) is 0. The number of ether oxygens (including phenoxy) is 2. The van der Waals surface area contributed by atoms with Crippen molar-refractivity contribution in [2.75, 3.05) is 0 Å². The number of esters is 2. The maximum Gasteiger partial charge on any atom is 0.339 e. The number of rotatable bonds is 11. The minimum atomic E-state index is -0.470. The van der Waals surface area contributed by atoms with E-state index in [0.717, 1.165) is 55.0 Å². The highest BCUT2D eigenvalue weighted by molar-refractivity contribution is 9.10. The highest BCUT2D eigenvalue weighted by atomic mass is 79.9. The molecule has 5 heteroatoms. The molecule has 0 heterocycles. The summed E-state index contributed by atoms with van der Waals surface area (Å²) < 4.78 is 12.8. The fourth-order valence-electron chi connectivity index (χ4n) is 3.73. The molecule has 1 aromatic rings. The van der Waals surface area contributed by atoms with Gasteiger partial charge in [-0.2, -0.15) is 0 Å². The third-order valence-corrected chi connectivity index (χ3v) is 6.82. The first-order valence-electron chi connectivity index (χ1n) is 12.5. The van der Waals surface area contributed by atoms with Gasteiger partial charge in [-0.25, -0.2) is 9.59 Å². The molecule has 1 aromatic carbocycles. The fourth-order valence-corrected chi connectivity index (χ4v) is 4.35. The minimum absolute atomic E-state index is 0.189. The Kier molecular flexibility index (Phi) is 11.6. The van der Waals surface area contributed by atoms with Gasteiger partial charge in [0.25, 0.3) is 0 Å². The van der Waals surface area contributed by atoms with Crippen LogP contribution in [-0.2, 0) is 15.9 Å². The van der Waals surface area contributed by atoms with Crippen LogP contribution in [0.3, 0.4) is 0 Å². The number of carbonyl (C=O) groups is 2. The summed E-state index contributed by atoms with van der Waals surface area (Å²) in [6.45, 7) is 18.7. The number of benzene rings is 1. The molecule has 0 saturated heterocycles. The molecule has 0 aliphatic heterocycles. The number of hydrogen-bond acceptors (Lipinski definition) is 4. The minimum Gasteiger partial charge on any atom is -0.458 e. The van der Waals surface area contributed by atoms with Crippen LogP contribution >= 0.6 is 15.9 Å². The van der Waals surface area contributed by atoms with Crippen LogP contribution in [0.1, 0.15) is 127 Å². The molecule has 33 heavy (non-hydrogen) atoms. The summed E-state index contributed by atoms with van der Waals surface area (Å²) in [6, 6.07) is 3.50. The van der Waals surface area contributed by atoms with Crippen LogP contribution in [0, 0.1) is 10.8 Å². The lowest BCUT2D eigenvalue weighted by Gasteiger charge is -2.31.